The Morgan fingerprint density at radius 3 is 2.90 bits per heavy atom. The Hall–Kier alpha value is -2.47. The van der Waals surface area contributed by atoms with Gasteiger partial charge in [0.05, 0.1) is 0 Å². The molecule has 0 unspecified atom stereocenters. The molecule has 20 heavy (non-hydrogen) atoms. The molecule has 2 heterocycles. The van der Waals surface area contributed by atoms with E-state index >= 15 is 0 Å². The van der Waals surface area contributed by atoms with E-state index < -0.39 is 0 Å². The Morgan fingerprint density at radius 2 is 2.10 bits per heavy atom. The molecule has 1 amide bonds. The summed E-state index contributed by atoms with van der Waals surface area (Å²) < 4.78 is 0. The van der Waals surface area contributed by atoms with Crippen LogP contribution in [0.25, 0.3) is 0 Å². The van der Waals surface area contributed by atoms with Gasteiger partial charge in [-0.15, -0.1) is 0 Å². The van der Waals surface area contributed by atoms with Crippen LogP contribution >= 0.6 is 0 Å². The van der Waals surface area contributed by atoms with E-state index in [1.807, 2.05) is 18.2 Å². The van der Waals surface area contributed by atoms with Gasteiger partial charge in [0, 0.05) is 18.3 Å². The molecule has 102 valence electrons. The number of aromatic amines is 1. The second kappa shape index (κ2) is 5.26. The number of aromatic nitrogens is 2. The summed E-state index contributed by atoms with van der Waals surface area (Å²) in [6, 6.07) is 8.55. The summed E-state index contributed by atoms with van der Waals surface area (Å²) in [5, 5.41) is 12.0. The monoisotopic (exact) mass is 270 g/mol. The lowest BCUT2D eigenvalue weighted by Gasteiger charge is -2.18. The van der Waals surface area contributed by atoms with Crippen molar-refractivity contribution in [1.29, 1.82) is 0 Å². The van der Waals surface area contributed by atoms with Gasteiger partial charge >= 0.3 is 0 Å². The first-order valence-electron chi connectivity index (χ1n) is 6.42. The molecule has 0 radical (unpaired) electrons. The Balaban J connectivity index is 1.79. The fourth-order valence-electron chi connectivity index (χ4n) is 2.22. The Kier molecular flexibility index (Phi) is 3.30. The van der Waals surface area contributed by atoms with Crippen molar-refractivity contribution in [2.24, 2.45) is 0 Å². The van der Waals surface area contributed by atoms with Crippen LogP contribution in [-0.2, 0) is 13.0 Å². The molecule has 0 fully saturated rings. The Morgan fingerprint density at radius 1 is 1.20 bits per heavy atom. The molecule has 3 N–H and O–H groups in total. The van der Waals surface area contributed by atoms with Crippen molar-refractivity contribution in [3.05, 3.63) is 57.5 Å². The zero-order valence-corrected chi connectivity index (χ0v) is 10.8. The summed E-state index contributed by atoms with van der Waals surface area (Å²) in [6.45, 7) is 1.80. The van der Waals surface area contributed by atoms with E-state index in [0.717, 1.165) is 25.2 Å². The van der Waals surface area contributed by atoms with Gasteiger partial charge in [-0.25, -0.2) is 5.10 Å². The van der Waals surface area contributed by atoms with E-state index in [2.05, 4.69) is 20.8 Å². The SMILES string of the molecule is O=C(Nc1ccc2c(c1)CNCC2)c1ccc(=O)[nH]n1. The van der Waals surface area contributed by atoms with Crippen molar-refractivity contribution in [3.8, 4) is 0 Å². The number of rotatable bonds is 2. The largest absolute Gasteiger partial charge is 0.321 e. The maximum atomic E-state index is 12.0. The second-order valence-electron chi connectivity index (χ2n) is 4.67. The van der Waals surface area contributed by atoms with Crippen molar-refractivity contribution in [1.82, 2.24) is 15.5 Å². The molecule has 0 aliphatic carbocycles. The van der Waals surface area contributed by atoms with E-state index in [0.29, 0.717) is 0 Å². The summed E-state index contributed by atoms with van der Waals surface area (Å²) in [5.74, 6) is -0.343. The summed E-state index contributed by atoms with van der Waals surface area (Å²) in [4.78, 5) is 22.9. The summed E-state index contributed by atoms with van der Waals surface area (Å²) in [6.07, 6.45) is 1.00. The summed E-state index contributed by atoms with van der Waals surface area (Å²) in [5.41, 5.74) is 3.08. The van der Waals surface area contributed by atoms with Crippen molar-refractivity contribution in [2.45, 2.75) is 13.0 Å². The van der Waals surface area contributed by atoms with Crippen LogP contribution in [-0.4, -0.2) is 22.6 Å². The fourth-order valence-corrected chi connectivity index (χ4v) is 2.22. The lowest BCUT2D eigenvalue weighted by molar-refractivity contribution is 0.102. The number of H-pyrrole nitrogens is 1. The molecule has 6 heteroatoms. The van der Waals surface area contributed by atoms with Gasteiger partial charge in [-0.1, -0.05) is 6.07 Å². The molecule has 2 aromatic rings. The number of benzene rings is 1. The molecule has 3 rings (SSSR count). The van der Waals surface area contributed by atoms with E-state index in [1.165, 1.54) is 23.3 Å². The minimum atomic E-state index is -0.343. The van der Waals surface area contributed by atoms with E-state index in [1.54, 1.807) is 0 Å². The van der Waals surface area contributed by atoms with Crippen LogP contribution in [0.3, 0.4) is 0 Å². The minimum Gasteiger partial charge on any atom is -0.321 e. The molecule has 0 spiro atoms. The Labute approximate surface area is 115 Å². The predicted octanol–water partition coefficient (Wildman–Crippen LogP) is 0.668. The maximum absolute atomic E-state index is 12.0. The standard InChI is InChI=1S/C14H14N4O2/c19-13-4-3-12(17-18-13)14(20)16-11-2-1-9-5-6-15-8-10(9)7-11/h1-4,7,15H,5-6,8H2,(H,16,20)(H,18,19). The highest BCUT2D eigenvalue weighted by Gasteiger charge is 2.11. The smallest absolute Gasteiger partial charge is 0.276 e. The topological polar surface area (TPSA) is 86.9 Å². The molecule has 1 aliphatic heterocycles. The molecule has 1 aliphatic rings. The Bertz CT molecular complexity index is 688. The molecule has 0 saturated heterocycles. The molecule has 0 atom stereocenters. The average Bonchev–Trinajstić information content (AvgIpc) is 2.48. The molecule has 1 aromatic heterocycles. The number of carbonyl (C=O) groups is 1. The van der Waals surface area contributed by atoms with Gasteiger partial charge in [-0.05, 0) is 42.3 Å². The van der Waals surface area contributed by atoms with Crippen LogP contribution < -0.4 is 16.2 Å². The van der Waals surface area contributed by atoms with Crippen LogP contribution in [0.2, 0.25) is 0 Å². The van der Waals surface area contributed by atoms with Gasteiger partial charge in [0.15, 0.2) is 0 Å². The first-order chi connectivity index (χ1) is 9.72. The zero-order chi connectivity index (χ0) is 13.9. The third kappa shape index (κ3) is 2.60. The van der Waals surface area contributed by atoms with Crippen LogP contribution in [0, 0.1) is 0 Å². The van der Waals surface area contributed by atoms with E-state index in [-0.39, 0.29) is 17.2 Å². The highest BCUT2D eigenvalue weighted by molar-refractivity contribution is 6.02. The lowest BCUT2D eigenvalue weighted by Crippen LogP contribution is -2.24. The molecule has 0 bridgehead atoms. The first kappa shape index (κ1) is 12.6. The van der Waals surface area contributed by atoms with Crippen LogP contribution in [0.1, 0.15) is 21.6 Å². The number of amides is 1. The predicted molar refractivity (Wildman–Crippen MR) is 74.7 cm³/mol. The van der Waals surface area contributed by atoms with Gasteiger partial charge in [0.1, 0.15) is 5.69 Å². The highest BCUT2D eigenvalue weighted by atomic mass is 16.2. The zero-order valence-electron chi connectivity index (χ0n) is 10.8. The molecule has 6 nitrogen and oxygen atoms in total. The minimum absolute atomic E-state index is 0.181. The van der Waals surface area contributed by atoms with Crippen molar-refractivity contribution >= 4 is 11.6 Å². The van der Waals surface area contributed by atoms with E-state index in [4.69, 9.17) is 0 Å². The van der Waals surface area contributed by atoms with Crippen molar-refractivity contribution in [3.63, 3.8) is 0 Å². The van der Waals surface area contributed by atoms with Crippen LogP contribution in [0.4, 0.5) is 5.69 Å². The number of anilines is 1. The molecular weight excluding hydrogens is 256 g/mol. The third-order valence-corrected chi connectivity index (χ3v) is 3.26. The van der Waals surface area contributed by atoms with Gasteiger partial charge in [-0.3, -0.25) is 9.59 Å². The van der Waals surface area contributed by atoms with Gasteiger partial charge < -0.3 is 10.6 Å². The maximum Gasteiger partial charge on any atom is 0.276 e. The molecule has 0 saturated carbocycles. The van der Waals surface area contributed by atoms with Gasteiger partial charge in [-0.2, -0.15) is 5.10 Å². The number of nitrogens with one attached hydrogen (secondary N) is 3. The van der Waals surface area contributed by atoms with Crippen LogP contribution in [0.5, 0.6) is 0 Å². The number of fused-ring (bicyclic) bond motifs is 1. The first-order valence-corrected chi connectivity index (χ1v) is 6.42. The lowest BCUT2D eigenvalue weighted by atomic mass is 10.0. The normalized spacial score (nSPS) is 13.6. The van der Waals surface area contributed by atoms with Crippen molar-refractivity contribution in [2.75, 3.05) is 11.9 Å². The third-order valence-electron chi connectivity index (χ3n) is 3.26. The van der Waals surface area contributed by atoms with Crippen LogP contribution in [0.15, 0.2) is 35.1 Å². The number of carbonyl (C=O) groups excluding carboxylic acids is 1. The second-order valence-corrected chi connectivity index (χ2v) is 4.67. The van der Waals surface area contributed by atoms with Gasteiger partial charge in [0.25, 0.3) is 11.5 Å². The van der Waals surface area contributed by atoms with Gasteiger partial charge in [0.2, 0.25) is 0 Å². The fraction of sp³-hybridized carbons (Fsp3) is 0.214. The quantitative estimate of drug-likeness (QED) is 0.748. The van der Waals surface area contributed by atoms with Crippen molar-refractivity contribution < 1.29 is 4.79 Å². The number of hydrogen-bond donors (Lipinski definition) is 3. The average molecular weight is 270 g/mol. The molecular formula is C14H14N4O2. The number of nitrogens with zero attached hydrogens (tertiary/aromatic N) is 1. The molecule has 1 aromatic carbocycles. The summed E-state index contributed by atoms with van der Waals surface area (Å²) >= 11 is 0. The van der Waals surface area contributed by atoms with E-state index in [9.17, 15) is 9.59 Å². The highest BCUT2D eigenvalue weighted by Crippen LogP contribution is 2.19. The summed E-state index contributed by atoms with van der Waals surface area (Å²) in [7, 11) is 0. The number of hydrogen-bond acceptors (Lipinski definition) is 4.